The Morgan fingerprint density at radius 1 is 1.35 bits per heavy atom. The third-order valence-corrected chi connectivity index (χ3v) is 4.33. The van der Waals surface area contributed by atoms with Gasteiger partial charge < -0.3 is 14.9 Å². The van der Waals surface area contributed by atoms with Crippen molar-refractivity contribution in [1.82, 2.24) is 9.80 Å². The van der Waals surface area contributed by atoms with Crippen molar-refractivity contribution in [1.29, 1.82) is 0 Å². The van der Waals surface area contributed by atoms with Gasteiger partial charge in [0.25, 0.3) is 0 Å². The molecule has 0 amide bonds. The van der Waals surface area contributed by atoms with Crippen LogP contribution in [0.3, 0.4) is 0 Å². The monoisotopic (exact) mass is 240 g/mol. The molecule has 1 heterocycles. The maximum atomic E-state index is 10.8. The maximum Gasteiger partial charge on any atom is 0.303 e. The van der Waals surface area contributed by atoms with Crippen LogP contribution in [0.2, 0.25) is 0 Å². The second kappa shape index (κ2) is 4.94. The SMILES string of the molecule is CN(C)C1CCN(CC2(CC(=O)O)CC2)CC1. The fourth-order valence-corrected chi connectivity index (χ4v) is 2.96. The van der Waals surface area contributed by atoms with E-state index in [1.165, 1.54) is 12.8 Å². The molecule has 0 radical (unpaired) electrons. The first kappa shape index (κ1) is 12.8. The number of carboxylic acid groups (broad SMARTS) is 1. The Labute approximate surface area is 104 Å². The molecule has 0 spiro atoms. The first-order valence-corrected chi connectivity index (χ1v) is 6.61. The summed E-state index contributed by atoms with van der Waals surface area (Å²) in [6.45, 7) is 3.26. The molecule has 1 saturated carbocycles. The predicted molar refractivity (Wildman–Crippen MR) is 67.1 cm³/mol. The van der Waals surface area contributed by atoms with E-state index in [1.54, 1.807) is 0 Å². The van der Waals surface area contributed by atoms with Gasteiger partial charge in [-0.2, -0.15) is 0 Å². The minimum absolute atomic E-state index is 0.122. The van der Waals surface area contributed by atoms with E-state index in [2.05, 4.69) is 23.9 Å². The van der Waals surface area contributed by atoms with Gasteiger partial charge >= 0.3 is 5.97 Å². The number of hydrogen-bond donors (Lipinski definition) is 1. The number of likely N-dealkylation sites (tertiary alicyclic amines) is 1. The highest BCUT2D eigenvalue weighted by Gasteiger charge is 2.45. The van der Waals surface area contributed by atoms with Gasteiger partial charge in [-0.25, -0.2) is 0 Å². The van der Waals surface area contributed by atoms with Gasteiger partial charge in [-0.15, -0.1) is 0 Å². The lowest BCUT2D eigenvalue weighted by molar-refractivity contribution is -0.138. The van der Waals surface area contributed by atoms with E-state index in [9.17, 15) is 4.79 Å². The quantitative estimate of drug-likeness (QED) is 0.786. The van der Waals surface area contributed by atoms with Crippen molar-refractivity contribution >= 4 is 5.97 Å². The zero-order chi connectivity index (χ0) is 12.5. The number of carbonyl (C=O) groups is 1. The number of carboxylic acids is 1. The average molecular weight is 240 g/mol. The molecular weight excluding hydrogens is 216 g/mol. The number of aliphatic carboxylic acids is 1. The fraction of sp³-hybridized carbons (Fsp3) is 0.923. The van der Waals surface area contributed by atoms with E-state index in [-0.39, 0.29) is 5.41 Å². The zero-order valence-corrected chi connectivity index (χ0v) is 11.0. The zero-order valence-electron chi connectivity index (χ0n) is 11.0. The van der Waals surface area contributed by atoms with Crippen LogP contribution >= 0.6 is 0 Å². The minimum atomic E-state index is -0.634. The molecule has 0 unspecified atom stereocenters. The molecule has 0 aromatic carbocycles. The molecule has 1 aliphatic heterocycles. The van der Waals surface area contributed by atoms with Gasteiger partial charge in [0.1, 0.15) is 0 Å². The summed E-state index contributed by atoms with van der Waals surface area (Å²) in [6, 6.07) is 0.709. The van der Waals surface area contributed by atoms with E-state index in [1.807, 2.05) is 0 Å². The molecule has 0 aromatic heterocycles. The fourth-order valence-electron chi connectivity index (χ4n) is 2.96. The van der Waals surface area contributed by atoms with Gasteiger partial charge in [-0.05, 0) is 58.3 Å². The normalized spacial score (nSPS) is 25.1. The van der Waals surface area contributed by atoms with E-state index in [0.717, 1.165) is 32.5 Å². The van der Waals surface area contributed by atoms with E-state index < -0.39 is 5.97 Å². The van der Waals surface area contributed by atoms with Gasteiger partial charge in [-0.3, -0.25) is 4.79 Å². The second-order valence-electron chi connectivity index (χ2n) is 6.04. The van der Waals surface area contributed by atoms with Crippen molar-refractivity contribution in [3.05, 3.63) is 0 Å². The lowest BCUT2D eigenvalue weighted by Crippen LogP contribution is -2.44. The molecule has 4 nitrogen and oxygen atoms in total. The van der Waals surface area contributed by atoms with Crippen LogP contribution < -0.4 is 0 Å². The molecule has 98 valence electrons. The topological polar surface area (TPSA) is 43.8 Å². The number of piperidine rings is 1. The first-order valence-electron chi connectivity index (χ1n) is 6.61. The van der Waals surface area contributed by atoms with Crippen LogP contribution in [0.15, 0.2) is 0 Å². The first-order chi connectivity index (χ1) is 8.01. The van der Waals surface area contributed by atoms with Crippen LogP contribution in [0.4, 0.5) is 0 Å². The summed E-state index contributed by atoms with van der Waals surface area (Å²) >= 11 is 0. The summed E-state index contributed by atoms with van der Waals surface area (Å²) in [5.74, 6) is -0.634. The Morgan fingerprint density at radius 3 is 2.35 bits per heavy atom. The number of nitrogens with zero attached hydrogens (tertiary/aromatic N) is 2. The van der Waals surface area contributed by atoms with E-state index >= 15 is 0 Å². The molecule has 17 heavy (non-hydrogen) atoms. The maximum absolute atomic E-state index is 10.8. The van der Waals surface area contributed by atoms with Crippen molar-refractivity contribution in [3.8, 4) is 0 Å². The highest BCUT2D eigenvalue weighted by Crippen LogP contribution is 2.49. The van der Waals surface area contributed by atoms with Crippen molar-refractivity contribution in [2.75, 3.05) is 33.7 Å². The molecule has 2 rings (SSSR count). The summed E-state index contributed by atoms with van der Waals surface area (Å²) in [5, 5.41) is 8.91. The largest absolute Gasteiger partial charge is 0.481 e. The number of rotatable bonds is 5. The predicted octanol–water partition coefficient (Wildman–Crippen LogP) is 1.27. The third-order valence-electron chi connectivity index (χ3n) is 4.33. The van der Waals surface area contributed by atoms with Gasteiger partial charge in [0, 0.05) is 12.6 Å². The highest BCUT2D eigenvalue weighted by atomic mass is 16.4. The molecule has 0 bridgehead atoms. The summed E-state index contributed by atoms with van der Waals surface area (Å²) in [5.41, 5.74) is 0.122. The number of hydrogen-bond acceptors (Lipinski definition) is 3. The second-order valence-corrected chi connectivity index (χ2v) is 6.04. The molecule has 0 aromatic rings. The molecular formula is C13H24N2O2. The van der Waals surface area contributed by atoms with E-state index in [4.69, 9.17) is 5.11 Å². The summed E-state index contributed by atoms with van der Waals surface area (Å²) < 4.78 is 0. The summed E-state index contributed by atoms with van der Waals surface area (Å²) in [7, 11) is 4.29. The molecule has 4 heteroatoms. The average Bonchev–Trinajstić information content (AvgIpc) is 2.97. The summed E-state index contributed by atoms with van der Waals surface area (Å²) in [4.78, 5) is 15.6. The van der Waals surface area contributed by atoms with Crippen LogP contribution in [-0.4, -0.2) is 60.6 Å². The van der Waals surface area contributed by atoms with E-state index in [0.29, 0.717) is 12.5 Å². The molecule has 2 fully saturated rings. The van der Waals surface area contributed by atoms with Crippen molar-refractivity contribution in [2.24, 2.45) is 5.41 Å². The highest BCUT2D eigenvalue weighted by molar-refractivity contribution is 5.68. The Kier molecular flexibility index (Phi) is 3.73. The molecule has 0 atom stereocenters. The van der Waals surface area contributed by atoms with Crippen LogP contribution in [0, 0.1) is 5.41 Å². The lowest BCUT2D eigenvalue weighted by atomic mass is 9.98. The molecule has 2 aliphatic rings. The molecule has 1 N–H and O–H groups in total. The van der Waals surface area contributed by atoms with Crippen molar-refractivity contribution in [3.63, 3.8) is 0 Å². The van der Waals surface area contributed by atoms with Gasteiger partial charge in [0.15, 0.2) is 0 Å². The Bertz CT molecular complexity index is 279. The minimum Gasteiger partial charge on any atom is -0.481 e. The van der Waals surface area contributed by atoms with Crippen LogP contribution in [0.25, 0.3) is 0 Å². The summed E-state index contributed by atoms with van der Waals surface area (Å²) in [6.07, 6.45) is 5.01. The Morgan fingerprint density at radius 2 is 1.94 bits per heavy atom. The standard InChI is InChI=1S/C13H24N2O2/c1-14(2)11-3-7-15(8-4-11)10-13(5-6-13)9-12(16)17/h11H,3-10H2,1-2H3,(H,16,17). The van der Waals surface area contributed by atoms with Crippen molar-refractivity contribution < 1.29 is 9.90 Å². The molecule has 1 aliphatic carbocycles. The van der Waals surface area contributed by atoms with Gasteiger partial charge in [0.05, 0.1) is 6.42 Å². The molecule has 1 saturated heterocycles. The van der Waals surface area contributed by atoms with Crippen LogP contribution in [0.5, 0.6) is 0 Å². The third kappa shape index (κ3) is 3.42. The Hall–Kier alpha value is -0.610. The lowest BCUT2D eigenvalue weighted by Gasteiger charge is -2.36. The van der Waals surface area contributed by atoms with Gasteiger partial charge in [-0.1, -0.05) is 0 Å². The van der Waals surface area contributed by atoms with Crippen LogP contribution in [0.1, 0.15) is 32.1 Å². The Balaban J connectivity index is 1.76. The smallest absolute Gasteiger partial charge is 0.303 e. The van der Waals surface area contributed by atoms with Crippen molar-refractivity contribution in [2.45, 2.75) is 38.1 Å². The van der Waals surface area contributed by atoms with Gasteiger partial charge in [0.2, 0.25) is 0 Å². The van der Waals surface area contributed by atoms with Crippen LogP contribution in [-0.2, 0) is 4.79 Å².